The van der Waals surface area contributed by atoms with E-state index in [1.807, 2.05) is 0 Å². The summed E-state index contributed by atoms with van der Waals surface area (Å²) in [5, 5.41) is 4.69. The van der Waals surface area contributed by atoms with Crippen LogP contribution in [0.1, 0.15) is 0 Å². The monoisotopic (exact) mass is 287 g/mol. The Morgan fingerprint density at radius 3 is 3.00 bits per heavy atom. The lowest BCUT2D eigenvalue weighted by molar-refractivity contribution is 0.382. The van der Waals surface area contributed by atoms with Crippen molar-refractivity contribution in [3.63, 3.8) is 0 Å². The highest BCUT2D eigenvalue weighted by Gasteiger charge is 2.11. The molecule has 0 saturated heterocycles. The van der Waals surface area contributed by atoms with Crippen LogP contribution in [-0.2, 0) is 0 Å². The van der Waals surface area contributed by atoms with E-state index in [0.717, 1.165) is 0 Å². The van der Waals surface area contributed by atoms with Crippen molar-refractivity contribution in [2.45, 2.75) is 0 Å². The SMILES string of the molecule is COc1cc(Br)nn1-c1ncccc1Cl. The molecule has 78 valence electrons. The number of hydrogen-bond acceptors (Lipinski definition) is 3. The smallest absolute Gasteiger partial charge is 0.219 e. The molecule has 6 heteroatoms. The fraction of sp³-hybridized carbons (Fsp3) is 0.111. The van der Waals surface area contributed by atoms with Gasteiger partial charge in [-0.25, -0.2) is 4.98 Å². The summed E-state index contributed by atoms with van der Waals surface area (Å²) in [6.45, 7) is 0. The standard InChI is InChI=1S/C9H7BrClN3O/c1-15-8-5-7(10)13-14(8)9-6(11)3-2-4-12-9/h2-5H,1H3. The summed E-state index contributed by atoms with van der Waals surface area (Å²) in [5.41, 5.74) is 0. The molecule has 0 N–H and O–H groups in total. The second-order valence-corrected chi connectivity index (χ2v) is 3.95. The molecule has 0 bridgehead atoms. The van der Waals surface area contributed by atoms with Crippen LogP contribution in [0.25, 0.3) is 5.82 Å². The normalized spacial score (nSPS) is 10.3. The van der Waals surface area contributed by atoms with Gasteiger partial charge >= 0.3 is 0 Å². The summed E-state index contributed by atoms with van der Waals surface area (Å²) >= 11 is 9.27. The summed E-state index contributed by atoms with van der Waals surface area (Å²) in [7, 11) is 1.57. The van der Waals surface area contributed by atoms with E-state index in [1.54, 1.807) is 31.5 Å². The molecule has 0 saturated carbocycles. The summed E-state index contributed by atoms with van der Waals surface area (Å²) in [6, 6.07) is 5.25. The van der Waals surface area contributed by atoms with Crippen LogP contribution in [0.2, 0.25) is 5.02 Å². The topological polar surface area (TPSA) is 39.9 Å². The molecule has 0 aliphatic heterocycles. The maximum Gasteiger partial charge on any atom is 0.219 e. The summed E-state index contributed by atoms with van der Waals surface area (Å²) in [5.74, 6) is 1.11. The van der Waals surface area contributed by atoms with E-state index in [1.165, 1.54) is 4.68 Å². The summed E-state index contributed by atoms with van der Waals surface area (Å²) in [4.78, 5) is 4.14. The minimum atomic E-state index is 0.520. The van der Waals surface area contributed by atoms with Gasteiger partial charge in [0.2, 0.25) is 5.88 Å². The number of methoxy groups -OCH3 is 1. The van der Waals surface area contributed by atoms with Crippen LogP contribution >= 0.6 is 27.5 Å². The maximum atomic E-state index is 6.00. The van der Waals surface area contributed by atoms with Crippen molar-refractivity contribution in [2.24, 2.45) is 0 Å². The largest absolute Gasteiger partial charge is 0.481 e. The van der Waals surface area contributed by atoms with Crippen LogP contribution < -0.4 is 4.74 Å². The summed E-state index contributed by atoms with van der Waals surface area (Å²) < 4.78 is 7.35. The molecule has 2 rings (SSSR count). The van der Waals surface area contributed by atoms with Gasteiger partial charge in [0.15, 0.2) is 5.82 Å². The average Bonchev–Trinajstić information content (AvgIpc) is 2.60. The van der Waals surface area contributed by atoms with E-state index >= 15 is 0 Å². The van der Waals surface area contributed by atoms with E-state index in [2.05, 4.69) is 26.0 Å². The van der Waals surface area contributed by atoms with E-state index in [-0.39, 0.29) is 0 Å². The van der Waals surface area contributed by atoms with Crippen LogP contribution in [0.4, 0.5) is 0 Å². The molecule has 4 nitrogen and oxygen atoms in total. The molecule has 0 atom stereocenters. The zero-order valence-electron chi connectivity index (χ0n) is 7.82. The minimum absolute atomic E-state index is 0.520. The van der Waals surface area contributed by atoms with Gasteiger partial charge < -0.3 is 4.74 Å². The number of ether oxygens (including phenoxy) is 1. The van der Waals surface area contributed by atoms with Gasteiger partial charge in [0.1, 0.15) is 4.60 Å². The first-order valence-electron chi connectivity index (χ1n) is 4.13. The van der Waals surface area contributed by atoms with Crippen LogP contribution in [0, 0.1) is 0 Å². The van der Waals surface area contributed by atoms with E-state index in [4.69, 9.17) is 16.3 Å². The van der Waals surface area contributed by atoms with E-state index in [9.17, 15) is 0 Å². The predicted octanol–water partition coefficient (Wildman–Crippen LogP) is 2.69. The number of nitrogens with zero attached hydrogens (tertiary/aromatic N) is 3. The second kappa shape index (κ2) is 4.20. The molecule has 0 amide bonds. The number of aromatic nitrogens is 3. The van der Waals surface area contributed by atoms with Gasteiger partial charge in [-0.3, -0.25) is 0 Å². The van der Waals surface area contributed by atoms with Crippen LogP contribution in [0.3, 0.4) is 0 Å². The molecule has 0 aromatic carbocycles. The van der Waals surface area contributed by atoms with Crippen LogP contribution in [0.5, 0.6) is 5.88 Å². The summed E-state index contributed by atoms with van der Waals surface area (Å²) in [6.07, 6.45) is 1.65. The highest BCUT2D eigenvalue weighted by Crippen LogP contribution is 2.24. The first kappa shape index (κ1) is 10.4. The van der Waals surface area contributed by atoms with Crippen molar-refractivity contribution in [3.8, 4) is 11.7 Å². The fourth-order valence-electron chi connectivity index (χ4n) is 1.17. The zero-order chi connectivity index (χ0) is 10.8. The Labute approximate surface area is 100.0 Å². The molecule has 0 radical (unpaired) electrons. The molecule has 0 fully saturated rings. The molecule has 0 aliphatic rings. The van der Waals surface area contributed by atoms with Gasteiger partial charge in [-0.2, -0.15) is 9.78 Å². The Morgan fingerprint density at radius 1 is 1.53 bits per heavy atom. The van der Waals surface area contributed by atoms with E-state index in [0.29, 0.717) is 21.3 Å². The number of halogens is 2. The van der Waals surface area contributed by atoms with Gasteiger partial charge in [0.25, 0.3) is 0 Å². The van der Waals surface area contributed by atoms with Gasteiger partial charge in [-0.1, -0.05) is 11.6 Å². The van der Waals surface area contributed by atoms with Crippen LogP contribution in [-0.4, -0.2) is 21.9 Å². The Bertz CT molecular complexity index is 486. The van der Waals surface area contributed by atoms with Crippen molar-refractivity contribution in [3.05, 3.63) is 34.0 Å². The first-order chi connectivity index (χ1) is 7.22. The third-order valence-corrected chi connectivity index (χ3v) is 2.48. The maximum absolute atomic E-state index is 6.00. The van der Waals surface area contributed by atoms with Crippen molar-refractivity contribution < 1.29 is 4.74 Å². The van der Waals surface area contributed by atoms with Crippen molar-refractivity contribution in [2.75, 3.05) is 7.11 Å². The highest BCUT2D eigenvalue weighted by atomic mass is 79.9. The molecule has 15 heavy (non-hydrogen) atoms. The third-order valence-electron chi connectivity index (χ3n) is 1.80. The van der Waals surface area contributed by atoms with Crippen molar-refractivity contribution >= 4 is 27.5 Å². The Kier molecular flexibility index (Phi) is 2.93. The van der Waals surface area contributed by atoms with Gasteiger partial charge in [0, 0.05) is 12.3 Å². The van der Waals surface area contributed by atoms with Crippen LogP contribution in [0.15, 0.2) is 29.0 Å². The molecule has 2 aromatic heterocycles. The molecule has 0 aliphatic carbocycles. The second-order valence-electron chi connectivity index (χ2n) is 2.73. The predicted molar refractivity (Wildman–Crippen MR) is 60.6 cm³/mol. The lowest BCUT2D eigenvalue weighted by atomic mass is 10.4. The molecule has 0 unspecified atom stereocenters. The first-order valence-corrected chi connectivity index (χ1v) is 5.30. The Hall–Kier alpha value is -1.07. The molecular formula is C9H7BrClN3O. The molecule has 0 spiro atoms. The Morgan fingerprint density at radius 2 is 2.33 bits per heavy atom. The van der Waals surface area contributed by atoms with Crippen molar-refractivity contribution in [1.29, 1.82) is 0 Å². The molecular weight excluding hydrogens is 281 g/mol. The van der Waals surface area contributed by atoms with Gasteiger partial charge in [0.05, 0.1) is 12.1 Å². The fourth-order valence-corrected chi connectivity index (χ4v) is 1.72. The Balaban J connectivity index is 2.58. The number of hydrogen-bond donors (Lipinski definition) is 0. The highest BCUT2D eigenvalue weighted by molar-refractivity contribution is 9.10. The number of rotatable bonds is 2. The van der Waals surface area contributed by atoms with E-state index < -0.39 is 0 Å². The third kappa shape index (κ3) is 1.98. The average molecular weight is 289 g/mol. The molecule has 2 heterocycles. The van der Waals surface area contributed by atoms with Crippen molar-refractivity contribution in [1.82, 2.24) is 14.8 Å². The lowest BCUT2D eigenvalue weighted by Gasteiger charge is -2.05. The number of pyridine rings is 1. The lowest BCUT2D eigenvalue weighted by Crippen LogP contribution is -2.02. The minimum Gasteiger partial charge on any atom is -0.481 e. The zero-order valence-corrected chi connectivity index (χ0v) is 10.2. The molecule has 2 aromatic rings. The van der Waals surface area contributed by atoms with Gasteiger partial charge in [-0.15, -0.1) is 0 Å². The quantitative estimate of drug-likeness (QED) is 0.853. The van der Waals surface area contributed by atoms with Gasteiger partial charge in [-0.05, 0) is 28.1 Å².